The number of rotatable bonds is 4. The number of carbonyl (C=O) groups is 2. The van der Waals surface area contributed by atoms with Crippen molar-refractivity contribution in [2.24, 2.45) is 5.92 Å². The van der Waals surface area contributed by atoms with Crippen molar-refractivity contribution in [1.29, 1.82) is 0 Å². The Morgan fingerprint density at radius 3 is 2.41 bits per heavy atom. The molecule has 0 radical (unpaired) electrons. The lowest BCUT2D eigenvalue weighted by Crippen LogP contribution is -2.37. The smallest absolute Gasteiger partial charge is 0.251 e. The van der Waals surface area contributed by atoms with Gasteiger partial charge in [0.25, 0.3) is 5.91 Å². The van der Waals surface area contributed by atoms with Crippen LogP contribution in [0, 0.1) is 5.92 Å². The van der Waals surface area contributed by atoms with E-state index in [-0.39, 0.29) is 30.1 Å². The van der Waals surface area contributed by atoms with Gasteiger partial charge in [-0.05, 0) is 56.5 Å². The molecule has 3 N–H and O–H groups in total. The lowest BCUT2D eigenvalue weighted by atomic mass is 9.99. The van der Waals surface area contributed by atoms with Crippen molar-refractivity contribution in [2.75, 3.05) is 18.4 Å². The minimum atomic E-state index is -0.0353. The highest BCUT2D eigenvalue weighted by atomic mass is 35.5. The molecule has 0 spiro atoms. The number of benzene rings is 1. The van der Waals surface area contributed by atoms with Gasteiger partial charge in [0.05, 0.1) is 5.92 Å². The van der Waals surface area contributed by atoms with Gasteiger partial charge >= 0.3 is 0 Å². The van der Waals surface area contributed by atoms with Gasteiger partial charge in [-0.2, -0.15) is 0 Å². The zero-order chi connectivity index (χ0) is 14.7. The van der Waals surface area contributed by atoms with E-state index in [2.05, 4.69) is 16.0 Å². The number of anilines is 1. The van der Waals surface area contributed by atoms with Crippen LogP contribution in [0.3, 0.4) is 0 Å². The van der Waals surface area contributed by atoms with Crippen molar-refractivity contribution < 1.29 is 9.59 Å². The molecule has 1 aliphatic carbocycles. The Bertz CT molecular complexity index is 523. The Hall–Kier alpha value is -1.59. The van der Waals surface area contributed by atoms with Crippen molar-refractivity contribution >= 4 is 29.9 Å². The van der Waals surface area contributed by atoms with Crippen molar-refractivity contribution in [3.8, 4) is 0 Å². The first-order chi connectivity index (χ1) is 10.2. The van der Waals surface area contributed by atoms with E-state index in [1.165, 1.54) is 0 Å². The maximum atomic E-state index is 12.1. The molecule has 1 heterocycles. The monoisotopic (exact) mass is 323 g/mol. The molecule has 120 valence electrons. The highest BCUT2D eigenvalue weighted by Gasteiger charge is 2.24. The number of amides is 2. The van der Waals surface area contributed by atoms with Gasteiger partial charge in [0.1, 0.15) is 0 Å². The molecule has 1 aromatic rings. The Balaban J connectivity index is 0.00000176. The molecule has 0 bridgehead atoms. The fourth-order valence-corrected chi connectivity index (χ4v) is 2.52. The standard InChI is InChI=1S/C16H21N3O2.ClH/c20-15(18-14-7-8-14)11-3-5-13(6-4-11)19-16(21)12-2-1-9-17-10-12;/h3-6,12,14,17H,1-2,7-10H2,(H,18,20)(H,19,21);1H/t12-;/m1./s1. The predicted molar refractivity (Wildman–Crippen MR) is 88.4 cm³/mol. The van der Waals surface area contributed by atoms with Gasteiger partial charge in [-0.1, -0.05) is 0 Å². The second kappa shape index (κ2) is 7.61. The fraction of sp³-hybridized carbons (Fsp3) is 0.500. The van der Waals surface area contributed by atoms with Crippen LogP contribution >= 0.6 is 12.4 Å². The number of nitrogens with one attached hydrogen (secondary N) is 3. The third-order valence-electron chi connectivity index (χ3n) is 3.99. The molecule has 22 heavy (non-hydrogen) atoms. The van der Waals surface area contributed by atoms with Crippen LogP contribution in [0.15, 0.2) is 24.3 Å². The van der Waals surface area contributed by atoms with E-state index in [4.69, 9.17) is 0 Å². The Labute approximate surface area is 136 Å². The summed E-state index contributed by atoms with van der Waals surface area (Å²) in [5.41, 5.74) is 1.38. The lowest BCUT2D eigenvalue weighted by Gasteiger charge is -2.21. The third kappa shape index (κ3) is 4.45. The summed E-state index contributed by atoms with van der Waals surface area (Å²) in [6.45, 7) is 1.74. The maximum Gasteiger partial charge on any atom is 0.251 e. The Kier molecular flexibility index (Phi) is 5.80. The van der Waals surface area contributed by atoms with Gasteiger partial charge in [-0.15, -0.1) is 12.4 Å². The average molecular weight is 324 g/mol. The van der Waals surface area contributed by atoms with Crippen molar-refractivity contribution in [1.82, 2.24) is 10.6 Å². The SMILES string of the molecule is Cl.O=C(NC1CC1)c1ccc(NC(=O)[C@@H]2CCCNC2)cc1. The Morgan fingerprint density at radius 1 is 1.09 bits per heavy atom. The van der Waals surface area contributed by atoms with Gasteiger partial charge in [0.2, 0.25) is 5.91 Å². The maximum absolute atomic E-state index is 12.1. The largest absolute Gasteiger partial charge is 0.349 e. The van der Waals surface area contributed by atoms with E-state index in [1.807, 2.05) is 0 Å². The second-order valence-corrected chi connectivity index (χ2v) is 5.86. The first kappa shape index (κ1) is 16.8. The first-order valence-corrected chi connectivity index (χ1v) is 7.65. The highest BCUT2D eigenvalue weighted by Crippen LogP contribution is 2.20. The van der Waals surface area contributed by atoms with Crippen molar-refractivity contribution in [3.63, 3.8) is 0 Å². The van der Waals surface area contributed by atoms with Gasteiger partial charge in [-0.25, -0.2) is 0 Å². The number of carbonyl (C=O) groups excluding carboxylic acids is 2. The zero-order valence-corrected chi connectivity index (χ0v) is 13.2. The van der Waals surface area contributed by atoms with E-state index in [0.29, 0.717) is 11.6 Å². The first-order valence-electron chi connectivity index (χ1n) is 7.65. The summed E-state index contributed by atoms with van der Waals surface area (Å²) >= 11 is 0. The van der Waals surface area contributed by atoms with Crippen molar-refractivity contribution in [2.45, 2.75) is 31.7 Å². The molecule has 6 heteroatoms. The quantitative estimate of drug-likeness (QED) is 0.793. The minimum Gasteiger partial charge on any atom is -0.349 e. The van der Waals surface area contributed by atoms with Gasteiger partial charge in [0.15, 0.2) is 0 Å². The number of halogens is 1. The minimum absolute atomic E-state index is 0. The molecule has 5 nitrogen and oxygen atoms in total. The highest BCUT2D eigenvalue weighted by molar-refractivity contribution is 5.96. The number of hydrogen-bond acceptors (Lipinski definition) is 3. The zero-order valence-electron chi connectivity index (χ0n) is 12.4. The molecule has 0 aromatic heterocycles. The van der Waals surface area contributed by atoms with Crippen LogP contribution < -0.4 is 16.0 Å². The van der Waals surface area contributed by atoms with E-state index >= 15 is 0 Å². The van der Waals surface area contributed by atoms with Gasteiger partial charge in [-0.3, -0.25) is 9.59 Å². The molecule has 3 rings (SSSR count). The second-order valence-electron chi connectivity index (χ2n) is 5.86. The molecule has 1 saturated heterocycles. The predicted octanol–water partition coefficient (Wildman–Crippen LogP) is 1.94. The summed E-state index contributed by atoms with van der Waals surface area (Å²) in [5, 5.41) is 9.10. The van der Waals surface area contributed by atoms with E-state index in [1.54, 1.807) is 24.3 Å². The van der Waals surface area contributed by atoms with Crippen LogP contribution in [0.25, 0.3) is 0 Å². The molecular formula is C16H22ClN3O2. The van der Waals surface area contributed by atoms with E-state index in [9.17, 15) is 9.59 Å². The van der Waals surface area contributed by atoms with Crippen molar-refractivity contribution in [3.05, 3.63) is 29.8 Å². The summed E-state index contributed by atoms with van der Waals surface area (Å²) in [7, 11) is 0. The molecule has 1 aliphatic heterocycles. The van der Waals surface area contributed by atoms with Crippen LogP contribution in [0.5, 0.6) is 0 Å². The molecule has 2 aliphatic rings. The van der Waals surface area contributed by atoms with Crippen LogP contribution in [0.1, 0.15) is 36.0 Å². The normalized spacial score (nSPS) is 20.6. The van der Waals surface area contributed by atoms with Gasteiger partial charge in [0, 0.05) is 23.8 Å². The van der Waals surface area contributed by atoms with E-state index in [0.717, 1.165) is 44.5 Å². The summed E-state index contributed by atoms with van der Waals surface area (Å²) in [6.07, 6.45) is 4.13. The summed E-state index contributed by atoms with van der Waals surface area (Å²) in [6, 6.07) is 7.45. The fourth-order valence-electron chi connectivity index (χ4n) is 2.52. The summed E-state index contributed by atoms with van der Waals surface area (Å²) in [5.74, 6) is 0.0563. The number of piperidine rings is 1. The third-order valence-corrected chi connectivity index (χ3v) is 3.99. The Morgan fingerprint density at radius 2 is 1.82 bits per heavy atom. The molecule has 2 amide bonds. The van der Waals surface area contributed by atoms with Crippen LogP contribution in [-0.4, -0.2) is 30.9 Å². The molecule has 1 saturated carbocycles. The van der Waals surface area contributed by atoms with E-state index < -0.39 is 0 Å². The molecule has 0 unspecified atom stereocenters. The topological polar surface area (TPSA) is 70.2 Å². The van der Waals surface area contributed by atoms with Crippen LogP contribution in [0.2, 0.25) is 0 Å². The molecular weight excluding hydrogens is 302 g/mol. The number of hydrogen-bond donors (Lipinski definition) is 3. The molecule has 1 aromatic carbocycles. The summed E-state index contributed by atoms with van der Waals surface area (Å²) in [4.78, 5) is 24.0. The molecule has 2 fully saturated rings. The van der Waals surface area contributed by atoms with Crippen LogP contribution in [0.4, 0.5) is 5.69 Å². The lowest BCUT2D eigenvalue weighted by molar-refractivity contribution is -0.120. The average Bonchev–Trinajstić information content (AvgIpc) is 3.33. The summed E-state index contributed by atoms with van der Waals surface area (Å²) < 4.78 is 0. The van der Waals surface area contributed by atoms with Crippen LogP contribution in [-0.2, 0) is 4.79 Å². The van der Waals surface area contributed by atoms with Gasteiger partial charge < -0.3 is 16.0 Å². The molecule has 1 atom stereocenters.